The van der Waals surface area contributed by atoms with E-state index in [1.54, 1.807) is 0 Å². The highest BCUT2D eigenvalue weighted by molar-refractivity contribution is 4.67. The van der Waals surface area contributed by atoms with Gasteiger partial charge in [-0.15, -0.1) is 0 Å². The van der Waals surface area contributed by atoms with E-state index in [1.165, 1.54) is 19.3 Å². The summed E-state index contributed by atoms with van der Waals surface area (Å²) >= 11 is 0. The maximum atomic E-state index is 9.19. The first kappa shape index (κ1) is 31.6. The molecule has 0 heterocycles. The molecule has 0 radical (unpaired) electrons. The van der Waals surface area contributed by atoms with Crippen LogP contribution in [0.4, 0.5) is 0 Å². The average molecular weight is 387 g/mol. The number of aliphatic hydroxyl groups is 1. The second-order valence-corrected chi connectivity index (χ2v) is 10.7. The molecule has 0 fully saturated rings. The molecule has 0 unspecified atom stereocenters. The molecule has 168 valence electrons. The highest BCUT2D eigenvalue weighted by Crippen LogP contribution is 2.26. The Kier molecular flexibility index (Phi) is 19.8. The molecule has 0 saturated carbocycles. The van der Waals surface area contributed by atoms with Crippen LogP contribution in [0.3, 0.4) is 0 Å². The predicted octanol–water partition coefficient (Wildman–Crippen LogP) is 8.84. The van der Waals surface area contributed by atoms with Gasteiger partial charge in [-0.2, -0.15) is 0 Å². The summed E-state index contributed by atoms with van der Waals surface area (Å²) in [6.07, 6.45) is 4.88. The molecule has 0 rings (SSSR count). The zero-order valence-electron chi connectivity index (χ0n) is 21.8. The first-order chi connectivity index (χ1) is 12.1. The van der Waals surface area contributed by atoms with Crippen LogP contribution in [0.15, 0.2) is 0 Å². The maximum absolute atomic E-state index is 9.19. The van der Waals surface area contributed by atoms with Crippen LogP contribution in [-0.2, 0) is 0 Å². The standard InChI is InChI=1S/C10H22.C9H20.C7H16O/c1-6-9(5)10(7-2)8(3)4;1-6-9(7(2)3)8(4)5;1-6(2)5-7(3,4)8/h8-10H,6-7H2,1-5H3;7-9H,6H2,1-5H3;6,8H,5H2,1-4H3/t9-,10-;;/m0../s1. The van der Waals surface area contributed by atoms with E-state index in [0.717, 1.165) is 41.9 Å². The molecular formula is C26H58O. The van der Waals surface area contributed by atoms with Gasteiger partial charge in [0.15, 0.2) is 0 Å². The van der Waals surface area contributed by atoms with Gasteiger partial charge < -0.3 is 5.11 Å². The van der Waals surface area contributed by atoms with Crippen molar-refractivity contribution in [1.29, 1.82) is 0 Å². The van der Waals surface area contributed by atoms with Crippen LogP contribution in [0.25, 0.3) is 0 Å². The van der Waals surface area contributed by atoms with Gasteiger partial charge in [-0.3, -0.25) is 0 Å². The SMILES string of the molecule is CC(C)CC(C)(C)O.CCC(C(C)C)C(C)C.CC[C@H](C)[C@@H](CC)C(C)C. The number of rotatable bonds is 9. The van der Waals surface area contributed by atoms with E-state index >= 15 is 0 Å². The van der Waals surface area contributed by atoms with Crippen LogP contribution in [0, 0.1) is 41.4 Å². The Morgan fingerprint density at radius 3 is 0.963 bits per heavy atom. The lowest BCUT2D eigenvalue weighted by Gasteiger charge is -2.24. The van der Waals surface area contributed by atoms with Gasteiger partial charge in [0.05, 0.1) is 5.60 Å². The maximum Gasteiger partial charge on any atom is 0.0594 e. The smallest absolute Gasteiger partial charge is 0.0594 e. The fourth-order valence-electron chi connectivity index (χ4n) is 4.55. The van der Waals surface area contributed by atoms with Crippen LogP contribution < -0.4 is 0 Å². The van der Waals surface area contributed by atoms with Gasteiger partial charge in [0.25, 0.3) is 0 Å². The minimum absolute atomic E-state index is 0.478. The summed E-state index contributed by atoms with van der Waals surface area (Å²) in [7, 11) is 0. The highest BCUT2D eigenvalue weighted by Gasteiger charge is 2.16. The van der Waals surface area contributed by atoms with E-state index < -0.39 is 5.60 Å². The van der Waals surface area contributed by atoms with E-state index in [9.17, 15) is 5.11 Å². The molecular weight excluding hydrogens is 328 g/mol. The monoisotopic (exact) mass is 386 g/mol. The third kappa shape index (κ3) is 20.5. The molecule has 2 atom stereocenters. The summed E-state index contributed by atoms with van der Waals surface area (Å²) in [5, 5.41) is 9.19. The van der Waals surface area contributed by atoms with E-state index in [-0.39, 0.29) is 0 Å². The van der Waals surface area contributed by atoms with Crippen molar-refractivity contribution in [2.45, 2.75) is 128 Å². The molecule has 1 N–H and O–H groups in total. The van der Waals surface area contributed by atoms with Crippen molar-refractivity contribution in [1.82, 2.24) is 0 Å². The zero-order valence-corrected chi connectivity index (χ0v) is 21.8. The summed E-state index contributed by atoms with van der Waals surface area (Å²) in [5.41, 5.74) is -0.478. The lowest BCUT2D eigenvalue weighted by atomic mass is 9.81. The summed E-state index contributed by atoms with van der Waals surface area (Å²) in [4.78, 5) is 0. The Morgan fingerprint density at radius 1 is 0.593 bits per heavy atom. The van der Waals surface area contributed by atoms with Crippen LogP contribution in [0.5, 0.6) is 0 Å². The average Bonchev–Trinajstić information content (AvgIpc) is 2.45. The Hall–Kier alpha value is -0.0400. The van der Waals surface area contributed by atoms with Gasteiger partial charge in [-0.25, -0.2) is 0 Å². The molecule has 0 aromatic heterocycles. The van der Waals surface area contributed by atoms with Crippen molar-refractivity contribution < 1.29 is 5.11 Å². The van der Waals surface area contributed by atoms with Gasteiger partial charge in [0, 0.05) is 0 Å². The van der Waals surface area contributed by atoms with Crippen LogP contribution in [0.1, 0.15) is 123 Å². The van der Waals surface area contributed by atoms with Crippen molar-refractivity contribution in [2.75, 3.05) is 0 Å². The predicted molar refractivity (Wildman–Crippen MR) is 127 cm³/mol. The normalized spacial score (nSPS) is 14.2. The van der Waals surface area contributed by atoms with Crippen molar-refractivity contribution in [3.8, 4) is 0 Å². The molecule has 0 aliphatic heterocycles. The summed E-state index contributed by atoms with van der Waals surface area (Å²) in [5.74, 6) is 5.93. The minimum Gasteiger partial charge on any atom is -0.390 e. The summed E-state index contributed by atoms with van der Waals surface area (Å²) in [6, 6.07) is 0. The lowest BCUT2D eigenvalue weighted by Crippen LogP contribution is -2.20. The third-order valence-corrected chi connectivity index (χ3v) is 5.79. The van der Waals surface area contributed by atoms with E-state index in [2.05, 4.69) is 83.1 Å². The van der Waals surface area contributed by atoms with E-state index in [4.69, 9.17) is 0 Å². The molecule has 0 saturated heterocycles. The molecule has 1 heteroatoms. The first-order valence-electron chi connectivity index (χ1n) is 11.9. The number of hydrogen-bond donors (Lipinski definition) is 1. The first-order valence-corrected chi connectivity index (χ1v) is 11.9. The molecule has 0 aromatic carbocycles. The van der Waals surface area contributed by atoms with Gasteiger partial charge in [0.1, 0.15) is 0 Å². The van der Waals surface area contributed by atoms with Crippen LogP contribution in [-0.4, -0.2) is 10.7 Å². The lowest BCUT2D eigenvalue weighted by molar-refractivity contribution is 0.0579. The largest absolute Gasteiger partial charge is 0.390 e. The van der Waals surface area contributed by atoms with Crippen LogP contribution in [0.2, 0.25) is 0 Å². The molecule has 27 heavy (non-hydrogen) atoms. The van der Waals surface area contributed by atoms with Gasteiger partial charge in [-0.1, -0.05) is 102 Å². The molecule has 0 spiro atoms. The highest BCUT2D eigenvalue weighted by atomic mass is 16.3. The second-order valence-electron chi connectivity index (χ2n) is 10.7. The van der Waals surface area contributed by atoms with E-state index in [1.807, 2.05) is 13.8 Å². The van der Waals surface area contributed by atoms with Crippen molar-refractivity contribution in [3.05, 3.63) is 0 Å². The molecule has 0 aliphatic carbocycles. The summed E-state index contributed by atoms with van der Waals surface area (Å²) in [6.45, 7) is 31.1. The fourth-order valence-corrected chi connectivity index (χ4v) is 4.55. The molecule has 0 aliphatic rings. The second kappa shape index (κ2) is 16.9. The Bertz CT molecular complexity index is 288. The quantitative estimate of drug-likeness (QED) is 0.419. The van der Waals surface area contributed by atoms with Crippen molar-refractivity contribution in [3.63, 3.8) is 0 Å². The van der Waals surface area contributed by atoms with Crippen molar-refractivity contribution in [2.24, 2.45) is 41.4 Å². The Morgan fingerprint density at radius 2 is 0.926 bits per heavy atom. The van der Waals surface area contributed by atoms with Gasteiger partial charge in [0.2, 0.25) is 0 Å². The zero-order chi connectivity index (χ0) is 22.4. The van der Waals surface area contributed by atoms with Gasteiger partial charge >= 0.3 is 0 Å². The van der Waals surface area contributed by atoms with E-state index in [0.29, 0.717) is 5.92 Å². The topological polar surface area (TPSA) is 20.2 Å². The molecule has 0 amide bonds. The molecule has 1 nitrogen and oxygen atoms in total. The van der Waals surface area contributed by atoms with Gasteiger partial charge in [-0.05, 0) is 61.7 Å². The Balaban J connectivity index is -0.000000322. The number of hydrogen-bond acceptors (Lipinski definition) is 1. The molecule has 0 bridgehead atoms. The minimum atomic E-state index is -0.478. The van der Waals surface area contributed by atoms with Crippen LogP contribution >= 0.6 is 0 Å². The fraction of sp³-hybridized carbons (Fsp3) is 1.00. The third-order valence-electron chi connectivity index (χ3n) is 5.79. The summed E-state index contributed by atoms with van der Waals surface area (Å²) < 4.78 is 0. The van der Waals surface area contributed by atoms with Crippen molar-refractivity contribution >= 4 is 0 Å². The Labute approximate surface area is 175 Å². The molecule has 0 aromatic rings.